The molecule has 0 aromatic heterocycles. The molecule has 1 rings (SSSR count). The van der Waals surface area contributed by atoms with Crippen LogP contribution in [0.15, 0.2) is 24.3 Å². The zero-order chi connectivity index (χ0) is 14.3. The summed E-state index contributed by atoms with van der Waals surface area (Å²) in [6, 6.07) is 7.35. The van der Waals surface area contributed by atoms with Crippen LogP contribution in [0.25, 0.3) is 0 Å². The predicted octanol–water partition coefficient (Wildman–Crippen LogP) is 1.49. The van der Waals surface area contributed by atoms with Crippen LogP contribution in [0.5, 0.6) is 0 Å². The standard InChI is InChI=1S/C13H23N3O2S/c1-4-14-9-6-10-19(17,18)15-12-7-5-8-13(11-12)16(2)3/h5,7-8,11,14-15H,4,6,9-10H2,1-3H3. The average Bonchev–Trinajstić information content (AvgIpc) is 2.34. The minimum atomic E-state index is -3.27. The van der Waals surface area contributed by atoms with Crippen molar-refractivity contribution in [3.8, 4) is 0 Å². The third kappa shape index (κ3) is 5.94. The summed E-state index contributed by atoms with van der Waals surface area (Å²) in [5, 5.41) is 3.11. The number of benzene rings is 1. The van der Waals surface area contributed by atoms with E-state index >= 15 is 0 Å². The van der Waals surface area contributed by atoms with Gasteiger partial charge in [0.25, 0.3) is 0 Å². The maximum atomic E-state index is 11.9. The molecule has 0 heterocycles. The highest BCUT2D eigenvalue weighted by molar-refractivity contribution is 7.92. The number of hydrogen-bond acceptors (Lipinski definition) is 4. The van der Waals surface area contributed by atoms with Crippen LogP contribution in [-0.4, -0.2) is 41.4 Å². The van der Waals surface area contributed by atoms with Crippen molar-refractivity contribution in [2.75, 3.05) is 42.6 Å². The lowest BCUT2D eigenvalue weighted by Gasteiger charge is -2.14. The largest absolute Gasteiger partial charge is 0.378 e. The zero-order valence-corrected chi connectivity index (χ0v) is 12.6. The fourth-order valence-corrected chi connectivity index (χ4v) is 2.75. The van der Waals surface area contributed by atoms with Crippen molar-refractivity contribution in [3.05, 3.63) is 24.3 Å². The zero-order valence-electron chi connectivity index (χ0n) is 11.8. The average molecular weight is 285 g/mol. The summed E-state index contributed by atoms with van der Waals surface area (Å²) < 4.78 is 26.4. The van der Waals surface area contributed by atoms with Crippen LogP contribution in [0, 0.1) is 0 Å². The van der Waals surface area contributed by atoms with Crippen molar-refractivity contribution in [1.29, 1.82) is 0 Å². The quantitative estimate of drug-likeness (QED) is 0.711. The SMILES string of the molecule is CCNCCCS(=O)(=O)Nc1cccc(N(C)C)c1. The van der Waals surface area contributed by atoms with E-state index in [0.717, 1.165) is 18.8 Å². The fourth-order valence-electron chi connectivity index (χ4n) is 1.64. The van der Waals surface area contributed by atoms with E-state index in [1.54, 1.807) is 6.07 Å². The van der Waals surface area contributed by atoms with Gasteiger partial charge >= 0.3 is 0 Å². The molecule has 0 spiro atoms. The topological polar surface area (TPSA) is 61.4 Å². The molecule has 0 atom stereocenters. The highest BCUT2D eigenvalue weighted by Gasteiger charge is 2.10. The Labute approximate surface area is 116 Å². The van der Waals surface area contributed by atoms with Gasteiger partial charge in [-0.05, 0) is 37.7 Å². The molecule has 2 N–H and O–H groups in total. The van der Waals surface area contributed by atoms with Crippen LogP contribution < -0.4 is 14.9 Å². The van der Waals surface area contributed by atoms with Crippen LogP contribution in [0.3, 0.4) is 0 Å². The second-order valence-electron chi connectivity index (χ2n) is 4.57. The molecule has 0 unspecified atom stereocenters. The van der Waals surface area contributed by atoms with Gasteiger partial charge in [-0.2, -0.15) is 0 Å². The number of hydrogen-bond donors (Lipinski definition) is 2. The second-order valence-corrected chi connectivity index (χ2v) is 6.41. The molecule has 0 aliphatic heterocycles. The van der Waals surface area contributed by atoms with Crippen molar-refractivity contribution in [2.45, 2.75) is 13.3 Å². The smallest absolute Gasteiger partial charge is 0.232 e. The van der Waals surface area contributed by atoms with Crippen molar-refractivity contribution in [3.63, 3.8) is 0 Å². The molecular formula is C13H23N3O2S. The van der Waals surface area contributed by atoms with Gasteiger partial charge in [0.15, 0.2) is 0 Å². The number of anilines is 2. The monoisotopic (exact) mass is 285 g/mol. The maximum Gasteiger partial charge on any atom is 0.232 e. The van der Waals surface area contributed by atoms with Gasteiger partial charge in [-0.25, -0.2) is 8.42 Å². The first-order valence-corrected chi connectivity index (χ1v) is 8.08. The Balaban J connectivity index is 2.60. The lowest BCUT2D eigenvalue weighted by Crippen LogP contribution is -2.22. The molecule has 1 aromatic rings. The Hall–Kier alpha value is -1.27. The Morgan fingerprint density at radius 3 is 2.63 bits per heavy atom. The summed E-state index contributed by atoms with van der Waals surface area (Å²) in [7, 11) is 0.575. The predicted molar refractivity (Wildman–Crippen MR) is 81.3 cm³/mol. The summed E-state index contributed by atoms with van der Waals surface area (Å²) >= 11 is 0. The van der Waals surface area contributed by atoms with Gasteiger partial charge in [0.2, 0.25) is 10.0 Å². The van der Waals surface area contributed by atoms with E-state index < -0.39 is 10.0 Å². The second kappa shape index (κ2) is 7.35. The van der Waals surface area contributed by atoms with Crippen molar-refractivity contribution in [1.82, 2.24) is 5.32 Å². The molecule has 6 heteroatoms. The van der Waals surface area contributed by atoms with Gasteiger partial charge in [-0.3, -0.25) is 4.72 Å². The first kappa shape index (κ1) is 15.8. The van der Waals surface area contributed by atoms with Gasteiger partial charge in [0.05, 0.1) is 11.4 Å². The van der Waals surface area contributed by atoms with Crippen LogP contribution in [0.1, 0.15) is 13.3 Å². The summed E-state index contributed by atoms with van der Waals surface area (Å²) in [5.74, 6) is 0.131. The van der Waals surface area contributed by atoms with E-state index in [-0.39, 0.29) is 5.75 Å². The molecule has 0 amide bonds. The highest BCUT2D eigenvalue weighted by atomic mass is 32.2. The molecule has 5 nitrogen and oxygen atoms in total. The Morgan fingerprint density at radius 1 is 1.26 bits per heavy atom. The number of sulfonamides is 1. The van der Waals surface area contributed by atoms with Crippen LogP contribution in [0.2, 0.25) is 0 Å². The maximum absolute atomic E-state index is 11.9. The van der Waals surface area contributed by atoms with Gasteiger partial charge in [-0.15, -0.1) is 0 Å². The molecule has 0 aliphatic rings. The molecule has 108 valence electrons. The number of nitrogens with one attached hydrogen (secondary N) is 2. The minimum Gasteiger partial charge on any atom is -0.378 e. The number of rotatable bonds is 8. The summed E-state index contributed by atoms with van der Waals surface area (Å²) in [5.41, 5.74) is 1.57. The van der Waals surface area contributed by atoms with E-state index in [9.17, 15) is 8.42 Å². The van der Waals surface area contributed by atoms with Crippen LogP contribution >= 0.6 is 0 Å². The van der Waals surface area contributed by atoms with Crippen molar-refractivity contribution >= 4 is 21.4 Å². The Kier molecular flexibility index (Phi) is 6.11. The first-order chi connectivity index (χ1) is 8.94. The van der Waals surface area contributed by atoms with E-state index in [4.69, 9.17) is 0 Å². The Morgan fingerprint density at radius 2 is 2.00 bits per heavy atom. The summed E-state index contributed by atoms with van der Waals surface area (Å²) in [4.78, 5) is 1.93. The van der Waals surface area contributed by atoms with Gasteiger partial charge in [0.1, 0.15) is 0 Å². The molecule has 0 aliphatic carbocycles. The molecule has 0 bridgehead atoms. The van der Waals surface area contributed by atoms with E-state index in [2.05, 4.69) is 10.0 Å². The van der Waals surface area contributed by atoms with Crippen molar-refractivity contribution < 1.29 is 8.42 Å². The molecule has 0 fully saturated rings. The van der Waals surface area contributed by atoms with Gasteiger partial charge < -0.3 is 10.2 Å². The molecule has 0 radical (unpaired) electrons. The number of nitrogens with zero attached hydrogens (tertiary/aromatic N) is 1. The molecule has 0 saturated carbocycles. The minimum absolute atomic E-state index is 0.131. The van der Waals surface area contributed by atoms with Crippen LogP contribution in [0.4, 0.5) is 11.4 Å². The summed E-state index contributed by atoms with van der Waals surface area (Å²) in [6.45, 7) is 3.58. The van der Waals surface area contributed by atoms with Gasteiger partial charge in [0, 0.05) is 19.8 Å². The molecular weight excluding hydrogens is 262 g/mol. The van der Waals surface area contributed by atoms with E-state index in [0.29, 0.717) is 12.1 Å². The van der Waals surface area contributed by atoms with Gasteiger partial charge in [-0.1, -0.05) is 13.0 Å². The highest BCUT2D eigenvalue weighted by Crippen LogP contribution is 2.18. The van der Waals surface area contributed by atoms with E-state index in [1.807, 2.05) is 44.1 Å². The Bertz CT molecular complexity index is 486. The third-order valence-corrected chi connectivity index (χ3v) is 4.03. The first-order valence-electron chi connectivity index (χ1n) is 6.43. The van der Waals surface area contributed by atoms with Crippen molar-refractivity contribution in [2.24, 2.45) is 0 Å². The molecule has 0 saturated heterocycles. The summed E-state index contributed by atoms with van der Waals surface area (Å²) in [6.07, 6.45) is 0.608. The fraction of sp³-hybridized carbons (Fsp3) is 0.538. The lowest BCUT2D eigenvalue weighted by atomic mass is 10.3. The third-order valence-electron chi connectivity index (χ3n) is 2.65. The molecule has 19 heavy (non-hydrogen) atoms. The van der Waals surface area contributed by atoms with E-state index in [1.165, 1.54) is 0 Å². The van der Waals surface area contributed by atoms with Crippen LogP contribution in [-0.2, 0) is 10.0 Å². The molecule has 1 aromatic carbocycles. The normalized spacial score (nSPS) is 11.3. The lowest BCUT2D eigenvalue weighted by molar-refractivity contribution is 0.595.